The molecule has 0 saturated carbocycles. The van der Waals surface area contributed by atoms with Crippen molar-refractivity contribution < 1.29 is 19.1 Å². The van der Waals surface area contributed by atoms with Crippen LogP contribution in [0.25, 0.3) is 0 Å². The lowest BCUT2D eigenvalue weighted by Gasteiger charge is -2.11. The van der Waals surface area contributed by atoms with Gasteiger partial charge >= 0.3 is 11.9 Å². The van der Waals surface area contributed by atoms with Crippen LogP contribution in [0.2, 0.25) is 0 Å². The predicted molar refractivity (Wildman–Crippen MR) is 85.7 cm³/mol. The zero-order valence-corrected chi connectivity index (χ0v) is 13.1. The van der Waals surface area contributed by atoms with E-state index in [9.17, 15) is 9.59 Å². The number of benzene rings is 1. The van der Waals surface area contributed by atoms with Gasteiger partial charge < -0.3 is 9.47 Å². The molecule has 0 amide bonds. The molecule has 1 aromatic rings. The highest BCUT2D eigenvalue weighted by Gasteiger charge is 2.15. The summed E-state index contributed by atoms with van der Waals surface area (Å²) in [5.74, 6) is -0.280. The van der Waals surface area contributed by atoms with Crippen LogP contribution in [0.15, 0.2) is 49.6 Å². The van der Waals surface area contributed by atoms with Gasteiger partial charge in [0, 0.05) is 0 Å². The van der Waals surface area contributed by atoms with Gasteiger partial charge in [0.15, 0.2) is 0 Å². The first-order valence-electron chi connectivity index (χ1n) is 7.23. The van der Waals surface area contributed by atoms with E-state index in [1.807, 2.05) is 0 Å². The van der Waals surface area contributed by atoms with Crippen LogP contribution in [0.3, 0.4) is 0 Å². The summed E-state index contributed by atoms with van der Waals surface area (Å²) in [7, 11) is 0. The molecule has 0 N–H and O–H groups in total. The molecule has 1 rings (SSSR count). The summed E-state index contributed by atoms with van der Waals surface area (Å²) in [6.07, 6.45) is 4.49. The molecule has 0 spiro atoms. The summed E-state index contributed by atoms with van der Waals surface area (Å²) in [5, 5.41) is 0. The summed E-state index contributed by atoms with van der Waals surface area (Å²) >= 11 is 0. The van der Waals surface area contributed by atoms with Gasteiger partial charge in [-0.05, 0) is 37.1 Å². The van der Waals surface area contributed by atoms with E-state index in [1.165, 1.54) is 0 Å². The fourth-order valence-corrected chi connectivity index (χ4v) is 1.70. The van der Waals surface area contributed by atoms with Crippen LogP contribution in [0.1, 0.15) is 26.7 Å². The third kappa shape index (κ3) is 5.56. The van der Waals surface area contributed by atoms with Gasteiger partial charge in [0.2, 0.25) is 0 Å². The maximum atomic E-state index is 11.8. The normalized spacial score (nSPS) is 12.8. The molecule has 0 heterocycles. The van der Waals surface area contributed by atoms with Gasteiger partial charge in [0.25, 0.3) is 0 Å². The van der Waals surface area contributed by atoms with Crippen molar-refractivity contribution in [2.45, 2.75) is 26.7 Å². The zero-order chi connectivity index (χ0) is 16.5. The van der Waals surface area contributed by atoms with Gasteiger partial charge in [-0.15, -0.1) is 13.2 Å². The average molecular weight is 302 g/mol. The van der Waals surface area contributed by atoms with Crippen molar-refractivity contribution >= 4 is 11.9 Å². The number of allylic oxidation sites excluding steroid dienone is 2. The van der Waals surface area contributed by atoms with Crippen molar-refractivity contribution in [3.63, 3.8) is 0 Å². The van der Waals surface area contributed by atoms with Crippen molar-refractivity contribution in [3.8, 4) is 11.5 Å². The summed E-state index contributed by atoms with van der Waals surface area (Å²) in [6, 6.07) is 6.39. The van der Waals surface area contributed by atoms with Gasteiger partial charge in [-0.3, -0.25) is 9.59 Å². The fourth-order valence-electron chi connectivity index (χ4n) is 1.70. The van der Waals surface area contributed by atoms with Crippen molar-refractivity contribution in [3.05, 3.63) is 49.6 Å². The van der Waals surface area contributed by atoms with E-state index in [2.05, 4.69) is 13.2 Å². The molecule has 0 bridgehead atoms. The number of hydrogen-bond donors (Lipinski definition) is 0. The quantitative estimate of drug-likeness (QED) is 0.415. The van der Waals surface area contributed by atoms with Crippen LogP contribution in [-0.2, 0) is 9.59 Å². The maximum absolute atomic E-state index is 11.8. The maximum Gasteiger partial charge on any atom is 0.314 e. The number of carbonyl (C=O) groups excluding carboxylic acids is 2. The molecule has 0 fully saturated rings. The number of carbonyl (C=O) groups is 2. The van der Waals surface area contributed by atoms with Crippen LogP contribution in [0.4, 0.5) is 0 Å². The third-order valence-electron chi connectivity index (χ3n) is 3.11. The molecule has 2 atom stereocenters. The first kappa shape index (κ1) is 17.7. The van der Waals surface area contributed by atoms with Gasteiger partial charge in [-0.25, -0.2) is 0 Å². The van der Waals surface area contributed by atoms with Crippen LogP contribution in [0, 0.1) is 11.8 Å². The second-order valence-electron chi connectivity index (χ2n) is 5.16. The van der Waals surface area contributed by atoms with Gasteiger partial charge in [-0.1, -0.05) is 26.0 Å². The molecule has 1 aromatic carbocycles. The molecule has 118 valence electrons. The second-order valence-corrected chi connectivity index (χ2v) is 5.16. The molecule has 0 aromatic heterocycles. The Morgan fingerprint density at radius 1 is 0.909 bits per heavy atom. The Balaban J connectivity index is 2.59. The Morgan fingerprint density at radius 2 is 1.23 bits per heavy atom. The highest BCUT2D eigenvalue weighted by molar-refractivity contribution is 5.76. The molecule has 0 radical (unpaired) electrons. The van der Waals surface area contributed by atoms with E-state index < -0.39 is 0 Å². The molecule has 0 aliphatic rings. The molecule has 22 heavy (non-hydrogen) atoms. The summed E-state index contributed by atoms with van der Waals surface area (Å²) in [4.78, 5) is 23.5. The fraction of sp³-hybridized carbons (Fsp3) is 0.333. The highest BCUT2D eigenvalue weighted by atomic mass is 16.5. The van der Waals surface area contributed by atoms with E-state index >= 15 is 0 Å². The lowest BCUT2D eigenvalue weighted by molar-refractivity contribution is -0.139. The largest absolute Gasteiger partial charge is 0.426 e. The van der Waals surface area contributed by atoms with Crippen LogP contribution in [-0.4, -0.2) is 11.9 Å². The monoisotopic (exact) mass is 302 g/mol. The Morgan fingerprint density at radius 3 is 1.50 bits per heavy atom. The Kier molecular flexibility index (Phi) is 7.09. The highest BCUT2D eigenvalue weighted by Crippen LogP contribution is 2.20. The number of ether oxygens (including phenoxy) is 2. The topological polar surface area (TPSA) is 52.6 Å². The number of esters is 2. The molecule has 4 nitrogen and oxygen atoms in total. The lowest BCUT2D eigenvalue weighted by Crippen LogP contribution is -2.18. The SMILES string of the molecule is C=CCC(C)C(=O)Oc1ccc(OC(=O)C(C)CC=C)cc1. The summed E-state index contributed by atoms with van der Waals surface area (Å²) in [6.45, 7) is 10.7. The van der Waals surface area contributed by atoms with Crippen LogP contribution >= 0.6 is 0 Å². The van der Waals surface area contributed by atoms with Crippen molar-refractivity contribution in [2.24, 2.45) is 11.8 Å². The van der Waals surface area contributed by atoms with E-state index in [0.717, 1.165) is 0 Å². The first-order valence-corrected chi connectivity index (χ1v) is 7.23. The van der Waals surface area contributed by atoms with Crippen molar-refractivity contribution in [1.29, 1.82) is 0 Å². The van der Waals surface area contributed by atoms with E-state index in [1.54, 1.807) is 50.3 Å². The number of rotatable bonds is 8. The molecule has 0 aliphatic carbocycles. The minimum Gasteiger partial charge on any atom is -0.426 e. The summed E-state index contributed by atoms with van der Waals surface area (Å²) in [5.41, 5.74) is 0. The average Bonchev–Trinajstić information content (AvgIpc) is 2.49. The van der Waals surface area contributed by atoms with Gasteiger partial charge in [-0.2, -0.15) is 0 Å². The minimum absolute atomic E-state index is 0.241. The zero-order valence-electron chi connectivity index (χ0n) is 13.1. The molecule has 2 unspecified atom stereocenters. The third-order valence-corrected chi connectivity index (χ3v) is 3.11. The predicted octanol–water partition coefficient (Wildman–Crippen LogP) is 3.92. The van der Waals surface area contributed by atoms with Crippen LogP contribution in [0.5, 0.6) is 11.5 Å². The number of hydrogen-bond acceptors (Lipinski definition) is 4. The van der Waals surface area contributed by atoms with Crippen LogP contribution < -0.4 is 9.47 Å². The second kappa shape index (κ2) is 8.82. The van der Waals surface area contributed by atoms with E-state index in [-0.39, 0.29) is 23.8 Å². The molecular formula is C18H22O4. The summed E-state index contributed by atoms with van der Waals surface area (Å²) < 4.78 is 10.5. The van der Waals surface area contributed by atoms with Gasteiger partial charge in [0.05, 0.1) is 11.8 Å². The standard InChI is InChI=1S/C18H22O4/c1-5-7-13(3)17(19)21-15-9-11-16(12-10-15)22-18(20)14(4)8-6-2/h5-6,9-14H,1-2,7-8H2,3-4H3. The van der Waals surface area contributed by atoms with E-state index in [0.29, 0.717) is 24.3 Å². The molecule has 4 heteroatoms. The van der Waals surface area contributed by atoms with Gasteiger partial charge in [0.1, 0.15) is 11.5 Å². The van der Waals surface area contributed by atoms with E-state index in [4.69, 9.17) is 9.47 Å². The Hall–Kier alpha value is -2.36. The Labute approximate surface area is 131 Å². The molecular weight excluding hydrogens is 280 g/mol. The molecule has 0 saturated heterocycles. The first-order chi connectivity index (χ1) is 10.5. The minimum atomic E-state index is -0.316. The smallest absolute Gasteiger partial charge is 0.314 e. The lowest BCUT2D eigenvalue weighted by atomic mass is 10.1. The molecule has 0 aliphatic heterocycles. The Bertz CT molecular complexity index is 482. The van der Waals surface area contributed by atoms with Crippen molar-refractivity contribution in [1.82, 2.24) is 0 Å². The van der Waals surface area contributed by atoms with Crippen molar-refractivity contribution in [2.75, 3.05) is 0 Å².